The van der Waals surface area contributed by atoms with Crippen molar-refractivity contribution in [1.29, 1.82) is 0 Å². The lowest BCUT2D eigenvalue weighted by molar-refractivity contribution is -0.121. The van der Waals surface area contributed by atoms with Crippen LogP contribution in [0.2, 0.25) is 5.02 Å². The lowest BCUT2D eigenvalue weighted by Gasteiger charge is -2.25. The number of carbonyl (C=O) groups excluding carboxylic acids is 1. The van der Waals surface area contributed by atoms with Gasteiger partial charge >= 0.3 is 0 Å². The number of benzene rings is 1. The quantitative estimate of drug-likeness (QED) is 0.772. The van der Waals surface area contributed by atoms with Gasteiger partial charge in [0.2, 0.25) is 5.91 Å². The molecule has 1 heterocycles. The van der Waals surface area contributed by atoms with Crippen LogP contribution in [0.25, 0.3) is 0 Å². The van der Waals surface area contributed by atoms with Crippen molar-refractivity contribution in [1.82, 2.24) is 5.32 Å². The van der Waals surface area contributed by atoms with E-state index in [0.717, 1.165) is 5.56 Å². The highest BCUT2D eigenvalue weighted by Crippen LogP contribution is 2.25. The predicted molar refractivity (Wildman–Crippen MR) is 63.4 cm³/mol. The maximum atomic E-state index is 11.8. The molecule has 0 saturated heterocycles. The maximum absolute atomic E-state index is 11.8. The fraction of sp³-hybridized carbons (Fsp3) is 0.273. The molecule has 16 heavy (non-hydrogen) atoms. The Bertz CT molecular complexity index is 441. The summed E-state index contributed by atoms with van der Waals surface area (Å²) in [6, 6.07) is 7.03. The van der Waals surface area contributed by atoms with Crippen molar-refractivity contribution in [3.05, 3.63) is 34.9 Å². The van der Waals surface area contributed by atoms with Crippen LogP contribution >= 0.6 is 11.6 Å². The van der Waals surface area contributed by atoms with Crippen LogP contribution in [-0.2, 0) is 4.79 Å². The van der Waals surface area contributed by atoms with Gasteiger partial charge < -0.3 is 5.73 Å². The van der Waals surface area contributed by atoms with E-state index in [-0.39, 0.29) is 23.8 Å². The Kier molecular flexibility index (Phi) is 2.83. The van der Waals surface area contributed by atoms with Gasteiger partial charge in [0.05, 0.1) is 12.0 Å². The van der Waals surface area contributed by atoms with E-state index in [4.69, 9.17) is 17.3 Å². The van der Waals surface area contributed by atoms with Gasteiger partial charge in [-0.2, -0.15) is 0 Å². The number of nitrogens with zero attached hydrogens (tertiary/aromatic N) is 1. The van der Waals surface area contributed by atoms with Crippen molar-refractivity contribution in [2.24, 2.45) is 10.7 Å². The summed E-state index contributed by atoms with van der Waals surface area (Å²) in [5, 5.41) is 3.18. The fourth-order valence-corrected chi connectivity index (χ4v) is 1.98. The lowest BCUT2D eigenvalue weighted by atomic mass is 9.91. The van der Waals surface area contributed by atoms with Gasteiger partial charge in [0.25, 0.3) is 0 Å². The van der Waals surface area contributed by atoms with Gasteiger partial charge in [-0.25, -0.2) is 4.99 Å². The molecule has 0 aliphatic carbocycles. The molecule has 0 bridgehead atoms. The lowest BCUT2D eigenvalue weighted by Crippen LogP contribution is -2.47. The van der Waals surface area contributed by atoms with E-state index >= 15 is 0 Å². The second kappa shape index (κ2) is 4.14. The van der Waals surface area contributed by atoms with Crippen LogP contribution in [0.5, 0.6) is 0 Å². The molecule has 2 unspecified atom stereocenters. The van der Waals surface area contributed by atoms with E-state index in [2.05, 4.69) is 10.3 Å². The number of hydrogen-bond acceptors (Lipinski definition) is 3. The van der Waals surface area contributed by atoms with E-state index in [1.807, 2.05) is 19.1 Å². The van der Waals surface area contributed by atoms with Crippen LogP contribution in [0.15, 0.2) is 29.3 Å². The average molecular weight is 238 g/mol. The molecule has 1 aliphatic heterocycles. The van der Waals surface area contributed by atoms with Crippen molar-refractivity contribution in [2.75, 3.05) is 0 Å². The normalized spacial score (nSPS) is 24.9. The molecule has 1 aromatic rings. The molecule has 0 fully saturated rings. The molecule has 0 aromatic heterocycles. The first-order chi connectivity index (χ1) is 7.58. The summed E-state index contributed by atoms with van der Waals surface area (Å²) in [7, 11) is 0. The van der Waals surface area contributed by atoms with E-state index in [0.29, 0.717) is 5.02 Å². The van der Waals surface area contributed by atoms with Gasteiger partial charge in [-0.05, 0) is 24.6 Å². The number of nitrogens with two attached hydrogens (primary N) is 1. The second-order valence-corrected chi connectivity index (χ2v) is 4.21. The first kappa shape index (κ1) is 11.0. The minimum absolute atomic E-state index is 0.123. The Morgan fingerprint density at radius 2 is 2.00 bits per heavy atom. The van der Waals surface area contributed by atoms with Crippen LogP contribution in [0, 0.1) is 0 Å². The Morgan fingerprint density at radius 1 is 1.38 bits per heavy atom. The summed E-state index contributed by atoms with van der Waals surface area (Å²) in [4.78, 5) is 15.9. The second-order valence-electron chi connectivity index (χ2n) is 3.77. The van der Waals surface area contributed by atoms with Crippen molar-refractivity contribution in [2.45, 2.75) is 18.9 Å². The highest BCUT2D eigenvalue weighted by Gasteiger charge is 2.30. The maximum Gasteiger partial charge on any atom is 0.236 e. The number of rotatable bonds is 1. The van der Waals surface area contributed by atoms with Crippen LogP contribution in [0.4, 0.5) is 0 Å². The molecule has 0 saturated carbocycles. The van der Waals surface area contributed by atoms with Gasteiger partial charge in [0.1, 0.15) is 0 Å². The largest absolute Gasteiger partial charge is 0.370 e. The van der Waals surface area contributed by atoms with Gasteiger partial charge in [-0.1, -0.05) is 23.7 Å². The molecule has 3 N–H and O–H groups in total. The summed E-state index contributed by atoms with van der Waals surface area (Å²) in [5.74, 6) is -0.241. The molecule has 0 spiro atoms. The SMILES string of the molecule is CC1N=C(N)NC(=O)C1c1ccc(Cl)cc1. The third-order valence-electron chi connectivity index (χ3n) is 2.59. The molecule has 4 nitrogen and oxygen atoms in total. The standard InChI is InChI=1S/C11H12ClN3O/c1-6-9(10(16)15-11(13)14-6)7-2-4-8(12)5-3-7/h2-6,9H,1H3,(H3,13,14,15,16). The van der Waals surface area contributed by atoms with Crippen molar-refractivity contribution < 1.29 is 4.79 Å². The Labute approximate surface area is 98.5 Å². The van der Waals surface area contributed by atoms with Crippen molar-refractivity contribution in [3.63, 3.8) is 0 Å². The highest BCUT2D eigenvalue weighted by atomic mass is 35.5. The first-order valence-corrected chi connectivity index (χ1v) is 5.35. The minimum Gasteiger partial charge on any atom is -0.370 e. The molecule has 2 atom stereocenters. The topological polar surface area (TPSA) is 67.5 Å². The molecule has 2 rings (SSSR count). The zero-order valence-corrected chi connectivity index (χ0v) is 9.53. The zero-order chi connectivity index (χ0) is 11.7. The van der Waals surface area contributed by atoms with Crippen LogP contribution in [0.3, 0.4) is 0 Å². The van der Waals surface area contributed by atoms with Crippen LogP contribution in [0.1, 0.15) is 18.4 Å². The number of aliphatic imine (C=N–C) groups is 1. The van der Waals surface area contributed by atoms with E-state index < -0.39 is 0 Å². The number of halogens is 1. The molecule has 1 aliphatic rings. The number of hydrogen-bond donors (Lipinski definition) is 2. The monoisotopic (exact) mass is 237 g/mol. The van der Waals surface area contributed by atoms with Gasteiger partial charge in [-0.3, -0.25) is 10.1 Å². The molecule has 0 radical (unpaired) electrons. The zero-order valence-electron chi connectivity index (χ0n) is 8.77. The van der Waals surface area contributed by atoms with E-state index in [1.165, 1.54) is 0 Å². The van der Waals surface area contributed by atoms with Crippen molar-refractivity contribution in [3.8, 4) is 0 Å². The summed E-state index contributed by atoms with van der Waals surface area (Å²) in [5.41, 5.74) is 6.37. The first-order valence-electron chi connectivity index (χ1n) is 4.97. The molecule has 5 heteroatoms. The average Bonchev–Trinajstić information content (AvgIpc) is 2.19. The van der Waals surface area contributed by atoms with Crippen LogP contribution in [-0.4, -0.2) is 17.9 Å². The minimum atomic E-state index is -0.301. The summed E-state index contributed by atoms with van der Waals surface area (Å²) >= 11 is 5.80. The van der Waals surface area contributed by atoms with E-state index in [1.54, 1.807) is 12.1 Å². The number of nitrogens with one attached hydrogen (secondary N) is 1. The summed E-state index contributed by atoms with van der Waals surface area (Å²) in [6.45, 7) is 1.87. The number of guanidine groups is 1. The third-order valence-corrected chi connectivity index (χ3v) is 2.84. The fourth-order valence-electron chi connectivity index (χ4n) is 1.85. The third kappa shape index (κ3) is 2.02. The molecular formula is C11H12ClN3O. The Hall–Kier alpha value is -1.55. The molecule has 84 valence electrons. The molecule has 1 aromatic carbocycles. The summed E-state index contributed by atoms with van der Waals surface area (Å²) in [6.07, 6.45) is 0. The van der Waals surface area contributed by atoms with Gasteiger partial charge in [-0.15, -0.1) is 0 Å². The molecular weight excluding hydrogens is 226 g/mol. The number of amides is 1. The Morgan fingerprint density at radius 3 is 2.56 bits per heavy atom. The summed E-state index contributed by atoms with van der Waals surface area (Å²) < 4.78 is 0. The Balaban J connectivity index is 2.33. The van der Waals surface area contributed by atoms with Crippen LogP contribution < -0.4 is 11.1 Å². The van der Waals surface area contributed by atoms with Gasteiger partial charge in [0, 0.05) is 5.02 Å². The highest BCUT2D eigenvalue weighted by molar-refractivity contribution is 6.30. The number of carbonyl (C=O) groups is 1. The predicted octanol–water partition coefficient (Wildman–Crippen LogP) is 1.26. The van der Waals surface area contributed by atoms with E-state index in [9.17, 15) is 4.79 Å². The van der Waals surface area contributed by atoms with Gasteiger partial charge in [0.15, 0.2) is 5.96 Å². The smallest absolute Gasteiger partial charge is 0.236 e. The molecule has 1 amide bonds. The van der Waals surface area contributed by atoms with Crippen molar-refractivity contribution >= 4 is 23.5 Å².